The number of rotatable bonds is 9. The van der Waals surface area contributed by atoms with Crippen molar-refractivity contribution < 1.29 is 13.4 Å². The van der Waals surface area contributed by atoms with Crippen LogP contribution in [0.3, 0.4) is 0 Å². The topological polar surface area (TPSA) is 71.0 Å². The second-order valence-corrected chi connectivity index (χ2v) is 19.3. The first kappa shape index (κ1) is 29.6. The van der Waals surface area contributed by atoms with E-state index >= 15 is 0 Å². The molecule has 2 amide bonds. The van der Waals surface area contributed by atoms with E-state index in [1.165, 1.54) is 11.3 Å². The Balaban J connectivity index is 3.39. The van der Waals surface area contributed by atoms with Gasteiger partial charge in [-0.15, -0.1) is 15.7 Å². The van der Waals surface area contributed by atoms with Crippen LogP contribution in [0.2, 0.25) is 22.5 Å². The third kappa shape index (κ3) is 7.80. The molecule has 2 atom stereocenters. The van der Waals surface area contributed by atoms with E-state index in [1.807, 2.05) is 41.5 Å². The fraction of sp³-hybridized carbons (Fsp3) is 0.773. The lowest BCUT2D eigenvalue weighted by Crippen LogP contribution is -2.48. The van der Waals surface area contributed by atoms with Crippen molar-refractivity contribution in [3.63, 3.8) is 0 Å². The zero-order chi connectivity index (χ0) is 25.1. The molecule has 0 saturated heterocycles. The Morgan fingerprint density at radius 2 is 1.72 bits per heavy atom. The monoisotopic (exact) mass is 523 g/mol. The molecule has 0 aromatic carbocycles. The van der Waals surface area contributed by atoms with Gasteiger partial charge in [-0.25, -0.2) is 13.7 Å². The number of nitrogens with zero attached hydrogens (tertiary/aromatic N) is 2. The summed E-state index contributed by atoms with van der Waals surface area (Å²) in [6, 6.07) is 2.49. The summed E-state index contributed by atoms with van der Waals surface area (Å²) in [7, 11) is -5.25. The number of carbonyl (C=O) groups is 1. The Bertz CT molecular complexity index is 877. The number of halogens is 1. The molecule has 0 aliphatic rings. The van der Waals surface area contributed by atoms with Gasteiger partial charge in [0, 0.05) is 18.1 Å². The minimum absolute atomic E-state index is 0.0621. The number of urea groups is 1. The number of hydrogen-bond donors (Lipinski definition) is 1. The van der Waals surface area contributed by atoms with Crippen molar-refractivity contribution in [1.82, 2.24) is 9.62 Å². The first-order valence-electron chi connectivity index (χ1n) is 11.2. The molecule has 1 N–H and O–H groups in total. The maximum Gasteiger partial charge on any atom is 0.353 e. The van der Waals surface area contributed by atoms with Gasteiger partial charge in [-0.3, -0.25) is 0 Å². The van der Waals surface area contributed by atoms with Gasteiger partial charge in [0.2, 0.25) is 0 Å². The molecule has 1 heterocycles. The molecule has 0 radical (unpaired) electrons. The second kappa shape index (κ2) is 11.3. The first-order chi connectivity index (χ1) is 14.4. The van der Waals surface area contributed by atoms with Gasteiger partial charge in [0.05, 0.1) is 10.9 Å². The molecule has 186 valence electrons. The van der Waals surface area contributed by atoms with Crippen LogP contribution in [-0.2, 0) is 14.3 Å². The molecular formula is C22H42ClN3O3S2Si. The normalized spacial score (nSPS) is 15.8. The van der Waals surface area contributed by atoms with Crippen LogP contribution in [0.25, 0.3) is 0 Å². The summed E-state index contributed by atoms with van der Waals surface area (Å²) >= 11 is 7.32. The number of nitrogens with one attached hydrogen (secondary N) is 1. The zero-order valence-corrected chi connectivity index (χ0v) is 24.9. The molecule has 0 aliphatic carbocycles. The maximum absolute atomic E-state index is 14.2. The predicted molar refractivity (Wildman–Crippen MR) is 141 cm³/mol. The minimum atomic E-state index is -3.25. The summed E-state index contributed by atoms with van der Waals surface area (Å²) in [6.45, 7) is 23.1. The van der Waals surface area contributed by atoms with Crippen LogP contribution in [0.4, 0.5) is 4.79 Å². The van der Waals surface area contributed by atoms with E-state index in [1.54, 1.807) is 17.0 Å². The molecular weight excluding hydrogens is 482 g/mol. The molecule has 0 bridgehead atoms. The molecule has 32 heavy (non-hydrogen) atoms. The fourth-order valence-electron chi connectivity index (χ4n) is 2.85. The Kier molecular flexibility index (Phi) is 10.5. The molecule has 1 aromatic heterocycles. The van der Waals surface area contributed by atoms with Gasteiger partial charge in [0.25, 0.3) is 0 Å². The third-order valence-corrected chi connectivity index (χ3v) is 14.1. The van der Waals surface area contributed by atoms with Crippen molar-refractivity contribution in [3.8, 4) is 0 Å². The van der Waals surface area contributed by atoms with Crippen molar-refractivity contribution in [1.29, 1.82) is 0 Å². The van der Waals surface area contributed by atoms with Crippen molar-refractivity contribution in [3.05, 3.63) is 16.5 Å². The molecule has 0 aliphatic heterocycles. The second-order valence-electron chi connectivity index (χ2n) is 10.6. The summed E-state index contributed by atoms with van der Waals surface area (Å²) in [5, 5.41) is 0.0621. The molecule has 0 fully saturated rings. The van der Waals surface area contributed by atoms with Gasteiger partial charge >= 0.3 is 6.03 Å². The van der Waals surface area contributed by atoms with E-state index < -0.39 is 24.3 Å². The van der Waals surface area contributed by atoms with Gasteiger partial charge in [0.1, 0.15) is 4.21 Å². The number of hydrogen-bond acceptors (Lipinski definition) is 4. The van der Waals surface area contributed by atoms with Gasteiger partial charge < -0.3 is 9.33 Å². The van der Waals surface area contributed by atoms with E-state index in [2.05, 4.69) is 43.0 Å². The first-order valence-corrected chi connectivity index (χ1v) is 16.8. The maximum atomic E-state index is 14.2. The van der Waals surface area contributed by atoms with Crippen LogP contribution in [0.15, 0.2) is 20.7 Å². The Morgan fingerprint density at radius 1 is 1.19 bits per heavy atom. The molecule has 1 unspecified atom stereocenters. The highest BCUT2D eigenvalue weighted by Gasteiger charge is 2.38. The van der Waals surface area contributed by atoms with Gasteiger partial charge in [-0.2, -0.15) is 0 Å². The van der Waals surface area contributed by atoms with Crippen LogP contribution >= 0.6 is 22.9 Å². The van der Waals surface area contributed by atoms with E-state index in [0.717, 1.165) is 0 Å². The minimum Gasteiger partial charge on any atom is -0.415 e. The zero-order valence-electron chi connectivity index (χ0n) is 21.5. The predicted octanol–water partition coefficient (Wildman–Crippen LogP) is 7.02. The quantitative estimate of drug-likeness (QED) is 0.353. The van der Waals surface area contributed by atoms with Crippen molar-refractivity contribution in [2.45, 2.75) is 103 Å². The van der Waals surface area contributed by atoms with E-state index in [4.69, 9.17) is 16.0 Å². The standard InChI is InChI=1S/C22H42ClN3O3S2Si/c1-15(2)18(14-29-32(10,11)22(7,8)9)24-31(28,20-13-12-19(23)30-20)25-21(27)26(16(3)4)17(5)6/h12-13,15-18H,14H2,1-11H3,(H,24,25,27,28)/t18-,31?/m1/s1. The summed E-state index contributed by atoms with van der Waals surface area (Å²) in [5.74, 6) is 0.118. The molecule has 6 nitrogen and oxygen atoms in total. The number of thiophene rings is 1. The molecule has 0 saturated carbocycles. The Morgan fingerprint density at radius 3 is 2.09 bits per heavy atom. The van der Waals surface area contributed by atoms with Crippen molar-refractivity contribution in [2.75, 3.05) is 6.61 Å². The summed E-state index contributed by atoms with van der Waals surface area (Å²) < 4.78 is 29.0. The summed E-state index contributed by atoms with van der Waals surface area (Å²) in [4.78, 5) is 14.7. The summed E-state index contributed by atoms with van der Waals surface area (Å²) in [6.07, 6.45) is 0. The van der Waals surface area contributed by atoms with E-state index in [0.29, 0.717) is 15.2 Å². The van der Waals surface area contributed by atoms with Crippen LogP contribution < -0.4 is 4.72 Å². The lowest BCUT2D eigenvalue weighted by Gasteiger charge is -2.38. The molecule has 0 spiro atoms. The van der Waals surface area contributed by atoms with Crippen LogP contribution in [0.1, 0.15) is 62.3 Å². The van der Waals surface area contributed by atoms with E-state index in [-0.39, 0.29) is 29.1 Å². The average molecular weight is 524 g/mol. The van der Waals surface area contributed by atoms with Gasteiger partial charge in [-0.1, -0.05) is 46.2 Å². The average Bonchev–Trinajstić information content (AvgIpc) is 3.03. The van der Waals surface area contributed by atoms with Crippen molar-refractivity contribution >= 4 is 47.2 Å². The summed E-state index contributed by atoms with van der Waals surface area (Å²) in [5.41, 5.74) is 0. The van der Waals surface area contributed by atoms with Crippen molar-refractivity contribution in [2.24, 2.45) is 10.3 Å². The van der Waals surface area contributed by atoms with E-state index in [9.17, 15) is 9.00 Å². The van der Waals surface area contributed by atoms with Crippen LogP contribution in [0, 0.1) is 5.92 Å². The highest BCUT2D eigenvalue weighted by molar-refractivity contribution is 7.94. The van der Waals surface area contributed by atoms with Crippen LogP contribution in [0.5, 0.6) is 0 Å². The van der Waals surface area contributed by atoms with Gasteiger partial charge in [0.15, 0.2) is 18.2 Å². The fourth-order valence-corrected chi connectivity index (χ4v) is 7.35. The van der Waals surface area contributed by atoms with Crippen LogP contribution in [-0.4, -0.2) is 48.2 Å². The highest BCUT2D eigenvalue weighted by Crippen LogP contribution is 2.37. The highest BCUT2D eigenvalue weighted by atomic mass is 35.5. The Hall–Kier alpha value is -0.453. The Labute approximate surface area is 205 Å². The smallest absolute Gasteiger partial charge is 0.353 e. The largest absolute Gasteiger partial charge is 0.415 e. The number of carbonyl (C=O) groups excluding carboxylic acids is 1. The lowest BCUT2D eigenvalue weighted by atomic mass is 10.1. The number of amides is 2. The third-order valence-electron chi connectivity index (χ3n) is 5.91. The lowest BCUT2D eigenvalue weighted by molar-refractivity contribution is 0.175. The molecule has 1 rings (SSSR count). The molecule has 10 heteroatoms. The van der Waals surface area contributed by atoms with Gasteiger partial charge in [-0.05, 0) is 63.9 Å². The molecule has 1 aromatic rings. The SMILES string of the molecule is CC(C)[C@@H](CO[Si](C)(C)C(C)(C)C)NS(=O)(=NC(=O)N(C(C)C)C(C)C)c1ccc(Cl)s1.